The Morgan fingerprint density at radius 2 is 2.10 bits per heavy atom. The smallest absolute Gasteiger partial charge is 0.317 e. The molecule has 1 unspecified atom stereocenters. The number of carbonyl (C=O) groups is 2. The van der Waals surface area contributed by atoms with Crippen LogP contribution in [0.2, 0.25) is 0 Å². The van der Waals surface area contributed by atoms with Crippen molar-refractivity contribution < 1.29 is 14.7 Å². The summed E-state index contributed by atoms with van der Waals surface area (Å²) in [5.74, 6) is -0.825. The predicted octanol–water partition coefficient (Wildman–Crippen LogP) is 2.31. The van der Waals surface area contributed by atoms with Crippen molar-refractivity contribution in [1.29, 1.82) is 0 Å². The molecule has 0 radical (unpaired) electrons. The van der Waals surface area contributed by atoms with Crippen LogP contribution >= 0.6 is 11.8 Å². The van der Waals surface area contributed by atoms with E-state index in [-0.39, 0.29) is 23.2 Å². The number of rotatable bonds is 5. The number of carboxylic acids is 1. The molecule has 0 aromatic heterocycles. The molecule has 2 fully saturated rings. The Balaban J connectivity index is 1.87. The number of aliphatic carboxylic acids is 1. The summed E-state index contributed by atoms with van der Waals surface area (Å²) in [7, 11) is 0. The number of likely N-dealkylation sites (tertiary alicyclic amines) is 1. The lowest BCUT2D eigenvalue weighted by molar-refractivity contribution is -0.138. The number of nitrogens with zero attached hydrogens (tertiary/aromatic N) is 1. The van der Waals surface area contributed by atoms with E-state index in [2.05, 4.69) is 11.6 Å². The van der Waals surface area contributed by atoms with Crippen molar-refractivity contribution in [3.63, 3.8) is 0 Å². The third kappa shape index (κ3) is 3.59. The zero-order chi connectivity index (χ0) is 14.6. The van der Waals surface area contributed by atoms with Gasteiger partial charge in [-0.1, -0.05) is 6.42 Å². The topological polar surface area (TPSA) is 69.6 Å². The lowest BCUT2D eigenvalue weighted by atomic mass is 9.84. The molecule has 2 rings (SSSR count). The fourth-order valence-electron chi connectivity index (χ4n) is 3.04. The van der Waals surface area contributed by atoms with E-state index in [0.717, 1.165) is 32.1 Å². The molecule has 1 aliphatic carbocycles. The molecule has 2 amide bonds. The van der Waals surface area contributed by atoms with Crippen molar-refractivity contribution in [1.82, 2.24) is 10.2 Å². The normalized spacial score (nSPS) is 24.9. The molecule has 0 bridgehead atoms. The fraction of sp³-hybridized carbons (Fsp3) is 0.857. The van der Waals surface area contributed by atoms with E-state index in [1.165, 1.54) is 6.42 Å². The number of urea groups is 1. The molecule has 20 heavy (non-hydrogen) atoms. The number of thioether (sulfide) groups is 1. The van der Waals surface area contributed by atoms with E-state index in [4.69, 9.17) is 5.11 Å². The number of hydrogen-bond donors (Lipinski definition) is 2. The van der Waals surface area contributed by atoms with E-state index in [1.54, 1.807) is 4.90 Å². The maximum absolute atomic E-state index is 12.3. The summed E-state index contributed by atoms with van der Waals surface area (Å²) >= 11 is 1.83. The second kappa shape index (κ2) is 6.70. The van der Waals surface area contributed by atoms with Gasteiger partial charge in [0.2, 0.25) is 0 Å². The highest BCUT2D eigenvalue weighted by atomic mass is 32.2. The first-order chi connectivity index (χ1) is 9.56. The standard InChI is InChI=1S/C14H24N2O3S/c1-20-14(6-4-7-14)10-15-13(19)16-8-3-2-5-11(16)9-12(17)18/h11H,2-10H2,1H3,(H,15,19)(H,17,18). The van der Waals surface area contributed by atoms with Crippen LogP contribution in [0.1, 0.15) is 44.9 Å². The summed E-state index contributed by atoms with van der Waals surface area (Å²) in [5.41, 5.74) is 0. The maximum atomic E-state index is 12.3. The molecular formula is C14H24N2O3S. The first kappa shape index (κ1) is 15.5. The van der Waals surface area contributed by atoms with E-state index >= 15 is 0 Å². The largest absolute Gasteiger partial charge is 0.481 e. The zero-order valence-corrected chi connectivity index (χ0v) is 12.9. The molecule has 0 aromatic carbocycles. The lowest BCUT2D eigenvalue weighted by Crippen LogP contribution is -2.53. The van der Waals surface area contributed by atoms with Gasteiger partial charge in [-0.3, -0.25) is 4.79 Å². The van der Waals surface area contributed by atoms with Gasteiger partial charge >= 0.3 is 12.0 Å². The molecule has 5 nitrogen and oxygen atoms in total. The first-order valence-electron chi connectivity index (χ1n) is 7.38. The first-order valence-corrected chi connectivity index (χ1v) is 8.60. The Bertz CT molecular complexity index is 366. The SMILES string of the molecule is CSC1(CNC(=O)N2CCCCC2CC(=O)O)CCC1. The zero-order valence-electron chi connectivity index (χ0n) is 12.1. The van der Waals surface area contributed by atoms with Gasteiger partial charge in [0.25, 0.3) is 0 Å². The van der Waals surface area contributed by atoms with Crippen molar-refractivity contribution in [3.05, 3.63) is 0 Å². The Hall–Kier alpha value is -0.910. The van der Waals surface area contributed by atoms with Crippen molar-refractivity contribution in [2.45, 2.75) is 55.7 Å². The number of amides is 2. The van der Waals surface area contributed by atoms with Crippen LogP contribution in [0.15, 0.2) is 0 Å². The molecule has 114 valence electrons. The van der Waals surface area contributed by atoms with Crippen LogP contribution in [-0.4, -0.2) is 52.1 Å². The number of nitrogens with one attached hydrogen (secondary N) is 1. The predicted molar refractivity (Wildman–Crippen MR) is 80.1 cm³/mol. The third-order valence-corrected chi connectivity index (χ3v) is 5.98. The van der Waals surface area contributed by atoms with E-state index in [9.17, 15) is 9.59 Å². The van der Waals surface area contributed by atoms with Crippen LogP contribution < -0.4 is 5.32 Å². The quantitative estimate of drug-likeness (QED) is 0.817. The second-order valence-corrected chi connectivity index (χ2v) is 7.11. The second-order valence-electron chi connectivity index (χ2n) is 5.84. The van der Waals surface area contributed by atoms with Crippen LogP contribution in [-0.2, 0) is 4.79 Å². The van der Waals surface area contributed by atoms with Crippen LogP contribution in [0.3, 0.4) is 0 Å². The Morgan fingerprint density at radius 1 is 1.35 bits per heavy atom. The number of hydrogen-bond acceptors (Lipinski definition) is 3. The molecule has 1 aliphatic heterocycles. The van der Waals surface area contributed by atoms with Crippen LogP contribution in [0.25, 0.3) is 0 Å². The van der Waals surface area contributed by atoms with Gasteiger partial charge in [0.15, 0.2) is 0 Å². The van der Waals surface area contributed by atoms with Crippen LogP contribution in [0.5, 0.6) is 0 Å². The lowest BCUT2D eigenvalue weighted by Gasteiger charge is -2.42. The van der Waals surface area contributed by atoms with Gasteiger partial charge in [0, 0.05) is 23.9 Å². The minimum atomic E-state index is -0.825. The molecule has 0 spiro atoms. The monoisotopic (exact) mass is 300 g/mol. The van der Waals surface area contributed by atoms with Gasteiger partial charge in [0.1, 0.15) is 0 Å². The van der Waals surface area contributed by atoms with Crippen molar-refractivity contribution in [3.8, 4) is 0 Å². The third-order valence-electron chi connectivity index (χ3n) is 4.56. The average Bonchev–Trinajstić information content (AvgIpc) is 2.37. The summed E-state index contributed by atoms with van der Waals surface area (Å²) in [5, 5.41) is 12.0. The molecule has 2 aliphatic rings. The van der Waals surface area contributed by atoms with Crippen LogP contribution in [0, 0.1) is 0 Å². The summed E-state index contributed by atoms with van der Waals surface area (Å²) in [6.45, 7) is 1.37. The summed E-state index contributed by atoms with van der Waals surface area (Å²) in [6, 6.07) is -0.232. The molecule has 1 atom stereocenters. The van der Waals surface area contributed by atoms with Gasteiger partial charge in [-0.25, -0.2) is 4.79 Å². The van der Waals surface area contributed by atoms with Gasteiger partial charge in [-0.05, 0) is 38.4 Å². The van der Waals surface area contributed by atoms with E-state index < -0.39 is 5.97 Å². The molecule has 1 heterocycles. The van der Waals surface area contributed by atoms with Crippen molar-refractivity contribution in [2.75, 3.05) is 19.3 Å². The Morgan fingerprint density at radius 3 is 2.65 bits per heavy atom. The molecule has 1 saturated heterocycles. The highest BCUT2D eigenvalue weighted by Gasteiger charge is 2.37. The van der Waals surface area contributed by atoms with Crippen LogP contribution in [0.4, 0.5) is 4.79 Å². The number of carboxylic acid groups (broad SMARTS) is 1. The highest BCUT2D eigenvalue weighted by Crippen LogP contribution is 2.42. The average molecular weight is 300 g/mol. The van der Waals surface area contributed by atoms with E-state index in [1.807, 2.05) is 11.8 Å². The number of piperidine rings is 1. The molecular weight excluding hydrogens is 276 g/mol. The van der Waals surface area contributed by atoms with E-state index in [0.29, 0.717) is 13.1 Å². The minimum Gasteiger partial charge on any atom is -0.481 e. The summed E-state index contributed by atoms with van der Waals surface area (Å²) < 4.78 is 0.216. The summed E-state index contributed by atoms with van der Waals surface area (Å²) in [4.78, 5) is 24.9. The van der Waals surface area contributed by atoms with Gasteiger partial charge in [-0.2, -0.15) is 11.8 Å². The van der Waals surface area contributed by atoms with Gasteiger partial charge < -0.3 is 15.3 Å². The molecule has 1 saturated carbocycles. The molecule has 6 heteroatoms. The fourth-order valence-corrected chi connectivity index (χ4v) is 3.96. The molecule has 2 N–H and O–H groups in total. The van der Waals surface area contributed by atoms with Crippen molar-refractivity contribution >= 4 is 23.8 Å². The molecule has 0 aromatic rings. The maximum Gasteiger partial charge on any atom is 0.317 e. The summed E-state index contributed by atoms with van der Waals surface area (Å²) in [6.07, 6.45) is 8.49. The number of carbonyl (C=O) groups excluding carboxylic acids is 1. The van der Waals surface area contributed by atoms with Gasteiger partial charge in [0.05, 0.1) is 6.42 Å². The Kier molecular flexibility index (Phi) is 5.18. The van der Waals surface area contributed by atoms with Crippen molar-refractivity contribution in [2.24, 2.45) is 0 Å². The minimum absolute atomic E-state index is 0.0566. The Labute approximate surface area is 124 Å². The highest BCUT2D eigenvalue weighted by molar-refractivity contribution is 8.00. The van der Waals surface area contributed by atoms with Gasteiger partial charge in [-0.15, -0.1) is 0 Å².